The highest BCUT2D eigenvalue weighted by molar-refractivity contribution is 5.89. The summed E-state index contributed by atoms with van der Waals surface area (Å²) >= 11 is 0. The van der Waals surface area contributed by atoms with Gasteiger partial charge in [0.25, 0.3) is 0 Å². The van der Waals surface area contributed by atoms with Crippen LogP contribution >= 0.6 is 0 Å². The van der Waals surface area contributed by atoms with Crippen molar-refractivity contribution in [3.8, 4) is 0 Å². The maximum atomic E-state index is 12.7. The molecule has 1 saturated heterocycles. The number of rotatable bonds is 9. The minimum absolute atomic E-state index is 0.00797. The fraction of sp³-hybridized carbons (Fsp3) is 0.650. The first-order chi connectivity index (χ1) is 12.2. The number of urea groups is 1. The lowest BCUT2D eigenvalue weighted by Crippen LogP contribution is -2.44. The van der Waals surface area contributed by atoms with E-state index in [1.54, 1.807) is 0 Å². The molecule has 1 aromatic rings. The van der Waals surface area contributed by atoms with Crippen LogP contribution in [0.4, 0.5) is 10.5 Å². The number of morpholine rings is 1. The lowest BCUT2D eigenvalue weighted by Gasteiger charge is -2.30. The number of nitrogens with one attached hydrogen (secondary N) is 1. The average Bonchev–Trinajstić information content (AvgIpc) is 2.64. The molecule has 0 spiro atoms. The summed E-state index contributed by atoms with van der Waals surface area (Å²) in [5.41, 5.74) is 2.06. The summed E-state index contributed by atoms with van der Waals surface area (Å²) < 4.78 is 5.40. The van der Waals surface area contributed by atoms with Crippen molar-refractivity contribution in [1.29, 1.82) is 0 Å². The van der Waals surface area contributed by atoms with Crippen molar-refractivity contribution < 1.29 is 9.53 Å². The molecule has 0 bridgehead atoms. The van der Waals surface area contributed by atoms with E-state index in [-0.39, 0.29) is 6.03 Å². The predicted molar refractivity (Wildman–Crippen MR) is 103 cm³/mol. The molecule has 0 radical (unpaired) electrons. The van der Waals surface area contributed by atoms with Gasteiger partial charge in [0.1, 0.15) is 0 Å². The van der Waals surface area contributed by atoms with Gasteiger partial charge in [-0.15, -0.1) is 0 Å². The van der Waals surface area contributed by atoms with E-state index < -0.39 is 0 Å². The quantitative estimate of drug-likeness (QED) is 0.692. The third-order valence-electron chi connectivity index (χ3n) is 4.66. The maximum Gasteiger partial charge on any atom is 0.321 e. The van der Waals surface area contributed by atoms with E-state index in [2.05, 4.69) is 17.1 Å². The summed E-state index contributed by atoms with van der Waals surface area (Å²) in [7, 11) is 0. The van der Waals surface area contributed by atoms with Gasteiger partial charge in [-0.1, -0.05) is 43.9 Å². The van der Waals surface area contributed by atoms with Crippen LogP contribution in [0.25, 0.3) is 0 Å². The smallest absolute Gasteiger partial charge is 0.321 e. The van der Waals surface area contributed by atoms with E-state index in [9.17, 15) is 4.79 Å². The van der Waals surface area contributed by atoms with Crippen molar-refractivity contribution in [3.05, 3.63) is 29.8 Å². The Hall–Kier alpha value is -1.59. The molecule has 0 aromatic heterocycles. The molecule has 1 aromatic carbocycles. The third-order valence-corrected chi connectivity index (χ3v) is 4.66. The zero-order valence-electron chi connectivity index (χ0n) is 15.8. The molecular formula is C20H33N3O2. The Morgan fingerprint density at radius 3 is 2.52 bits per heavy atom. The first-order valence-electron chi connectivity index (χ1n) is 9.61. The number of amides is 2. The van der Waals surface area contributed by atoms with Crippen molar-refractivity contribution in [2.24, 2.45) is 0 Å². The highest BCUT2D eigenvalue weighted by atomic mass is 16.5. The number of ether oxygens (including phenoxy) is 1. The highest BCUT2D eigenvalue weighted by Gasteiger charge is 2.16. The van der Waals surface area contributed by atoms with Crippen molar-refractivity contribution in [2.45, 2.75) is 39.5 Å². The molecule has 2 amide bonds. The van der Waals surface area contributed by atoms with Gasteiger partial charge in [-0.3, -0.25) is 4.90 Å². The highest BCUT2D eigenvalue weighted by Crippen LogP contribution is 2.11. The fourth-order valence-corrected chi connectivity index (χ4v) is 2.97. The number of benzene rings is 1. The normalized spacial score (nSPS) is 15.1. The molecule has 0 saturated carbocycles. The predicted octanol–water partition coefficient (Wildman–Crippen LogP) is 3.74. The summed E-state index contributed by atoms with van der Waals surface area (Å²) in [6.45, 7) is 10.3. The summed E-state index contributed by atoms with van der Waals surface area (Å²) in [6, 6.07) is 7.98. The number of anilines is 1. The second-order valence-corrected chi connectivity index (χ2v) is 6.80. The van der Waals surface area contributed by atoms with E-state index in [0.717, 1.165) is 58.0 Å². The topological polar surface area (TPSA) is 44.8 Å². The van der Waals surface area contributed by atoms with Crippen LogP contribution in [-0.2, 0) is 4.74 Å². The van der Waals surface area contributed by atoms with Crippen LogP contribution in [-0.4, -0.2) is 61.8 Å². The van der Waals surface area contributed by atoms with Crippen LogP contribution < -0.4 is 5.32 Å². The lowest BCUT2D eigenvalue weighted by molar-refractivity contribution is 0.0351. The largest absolute Gasteiger partial charge is 0.379 e. The zero-order chi connectivity index (χ0) is 17.9. The minimum atomic E-state index is 0.00797. The van der Waals surface area contributed by atoms with Crippen LogP contribution in [0.5, 0.6) is 0 Å². The molecular weight excluding hydrogens is 314 g/mol. The lowest BCUT2D eigenvalue weighted by atomic mass is 10.2. The van der Waals surface area contributed by atoms with E-state index in [4.69, 9.17) is 4.74 Å². The van der Waals surface area contributed by atoms with Crippen LogP contribution in [0.15, 0.2) is 24.3 Å². The Morgan fingerprint density at radius 2 is 1.84 bits per heavy atom. The van der Waals surface area contributed by atoms with Gasteiger partial charge in [0.15, 0.2) is 0 Å². The van der Waals surface area contributed by atoms with E-state index >= 15 is 0 Å². The number of hydrogen-bond donors (Lipinski definition) is 1. The molecule has 25 heavy (non-hydrogen) atoms. The molecule has 1 heterocycles. The number of carbonyl (C=O) groups is 1. The first-order valence-corrected chi connectivity index (χ1v) is 9.61. The van der Waals surface area contributed by atoms with Gasteiger partial charge in [-0.25, -0.2) is 4.79 Å². The van der Waals surface area contributed by atoms with Gasteiger partial charge in [0.05, 0.1) is 13.2 Å². The van der Waals surface area contributed by atoms with E-state index in [1.807, 2.05) is 36.1 Å². The summed E-state index contributed by atoms with van der Waals surface area (Å²) in [6.07, 6.45) is 4.70. The molecule has 140 valence electrons. The summed E-state index contributed by atoms with van der Waals surface area (Å²) in [4.78, 5) is 17.0. The van der Waals surface area contributed by atoms with Crippen molar-refractivity contribution >= 4 is 11.7 Å². The van der Waals surface area contributed by atoms with Crippen LogP contribution in [0, 0.1) is 6.92 Å². The number of unbranched alkanes of at least 4 members (excludes halogenated alkanes) is 3. The van der Waals surface area contributed by atoms with Gasteiger partial charge in [0.2, 0.25) is 0 Å². The van der Waals surface area contributed by atoms with Crippen molar-refractivity contribution in [1.82, 2.24) is 9.80 Å². The van der Waals surface area contributed by atoms with Crippen LogP contribution in [0.1, 0.15) is 38.2 Å². The van der Waals surface area contributed by atoms with Gasteiger partial charge in [-0.05, 0) is 25.5 Å². The maximum absolute atomic E-state index is 12.7. The molecule has 0 aliphatic carbocycles. The Morgan fingerprint density at radius 1 is 1.12 bits per heavy atom. The minimum Gasteiger partial charge on any atom is -0.379 e. The van der Waals surface area contributed by atoms with Gasteiger partial charge in [-0.2, -0.15) is 0 Å². The van der Waals surface area contributed by atoms with E-state index in [0.29, 0.717) is 0 Å². The molecule has 1 N–H and O–H groups in total. The summed E-state index contributed by atoms with van der Waals surface area (Å²) in [5, 5.41) is 3.04. The van der Waals surface area contributed by atoms with Gasteiger partial charge < -0.3 is 15.0 Å². The summed E-state index contributed by atoms with van der Waals surface area (Å²) in [5.74, 6) is 0. The van der Waals surface area contributed by atoms with Crippen molar-refractivity contribution in [2.75, 3.05) is 51.3 Å². The Kier molecular flexibility index (Phi) is 8.77. The second kappa shape index (κ2) is 11.1. The van der Waals surface area contributed by atoms with Crippen LogP contribution in [0.2, 0.25) is 0 Å². The molecule has 2 rings (SSSR count). The number of aryl methyl sites for hydroxylation is 1. The molecule has 0 unspecified atom stereocenters. The zero-order valence-corrected chi connectivity index (χ0v) is 15.8. The molecule has 1 fully saturated rings. The first kappa shape index (κ1) is 19.7. The monoisotopic (exact) mass is 347 g/mol. The molecule has 5 heteroatoms. The SMILES string of the molecule is CCCCCCN(CCN1CCOCC1)C(=O)Nc1ccc(C)cc1. The van der Waals surface area contributed by atoms with Gasteiger partial charge in [0, 0.05) is 38.4 Å². The molecule has 5 nitrogen and oxygen atoms in total. The number of nitrogens with zero attached hydrogens (tertiary/aromatic N) is 2. The van der Waals surface area contributed by atoms with Crippen LogP contribution in [0.3, 0.4) is 0 Å². The molecule has 1 aliphatic heterocycles. The Bertz CT molecular complexity index is 498. The molecule has 1 aliphatic rings. The second-order valence-electron chi connectivity index (χ2n) is 6.80. The van der Waals surface area contributed by atoms with Gasteiger partial charge >= 0.3 is 6.03 Å². The Balaban J connectivity index is 1.86. The van der Waals surface area contributed by atoms with E-state index in [1.165, 1.54) is 24.8 Å². The average molecular weight is 348 g/mol. The molecule has 0 atom stereocenters. The number of carbonyl (C=O) groups excluding carboxylic acids is 1. The standard InChI is InChI=1S/C20H33N3O2/c1-3-4-5-6-11-23(13-12-22-14-16-25-17-15-22)20(24)21-19-9-7-18(2)8-10-19/h7-10H,3-6,11-17H2,1-2H3,(H,21,24). The Labute approximate surface area is 152 Å². The number of hydrogen-bond acceptors (Lipinski definition) is 3. The fourth-order valence-electron chi connectivity index (χ4n) is 2.97. The third kappa shape index (κ3) is 7.45. The van der Waals surface area contributed by atoms with Crippen molar-refractivity contribution in [3.63, 3.8) is 0 Å².